The summed E-state index contributed by atoms with van der Waals surface area (Å²) in [5, 5.41) is 36.1. The van der Waals surface area contributed by atoms with E-state index in [1.165, 1.54) is 0 Å². The Balaban J connectivity index is 0.000000236. The first-order valence-corrected chi connectivity index (χ1v) is 14.3. The van der Waals surface area contributed by atoms with Crippen LogP contribution in [0.3, 0.4) is 0 Å². The van der Waals surface area contributed by atoms with Gasteiger partial charge in [0.05, 0.1) is 26.4 Å². The summed E-state index contributed by atoms with van der Waals surface area (Å²) < 4.78 is 0. The lowest BCUT2D eigenvalue weighted by molar-refractivity contribution is 0.103. The maximum Gasteiger partial charge on any atom is 0.193 e. The van der Waals surface area contributed by atoms with Gasteiger partial charge in [-0.25, -0.2) is 0 Å². The minimum atomic E-state index is -0.0157. The molecule has 226 valence electrons. The lowest BCUT2D eigenvalue weighted by atomic mass is 10.0. The van der Waals surface area contributed by atoms with Gasteiger partial charge in [-0.2, -0.15) is 0 Å². The molecule has 0 spiro atoms. The monoisotopic (exact) mass is 584 g/mol. The Hall–Kier alpha value is -4.18. The third kappa shape index (κ3) is 10.6. The van der Waals surface area contributed by atoms with E-state index in [2.05, 4.69) is 0 Å². The third-order valence-corrected chi connectivity index (χ3v) is 6.76. The number of aliphatic hydroxyl groups excluding tert-OH is 4. The van der Waals surface area contributed by atoms with Gasteiger partial charge in [0.2, 0.25) is 0 Å². The van der Waals surface area contributed by atoms with Crippen LogP contribution in [0.5, 0.6) is 0 Å². The summed E-state index contributed by atoms with van der Waals surface area (Å²) in [5.41, 5.74) is 4.54. The number of rotatable bonds is 15. The molecule has 0 fully saturated rings. The number of anilines is 1. The van der Waals surface area contributed by atoms with Crippen molar-refractivity contribution in [2.24, 2.45) is 0 Å². The van der Waals surface area contributed by atoms with Gasteiger partial charge in [0.1, 0.15) is 0 Å². The highest BCUT2D eigenvalue weighted by Crippen LogP contribution is 2.17. The van der Waals surface area contributed by atoms with Crippen molar-refractivity contribution < 1.29 is 30.0 Å². The highest BCUT2D eigenvalue weighted by atomic mass is 16.3. The molecule has 0 aliphatic carbocycles. The molecule has 4 aromatic rings. The molecule has 0 aliphatic rings. The number of benzene rings is 4. The van der Waals surface area contributed by atoms with E-state index in [1.54, 1.807) is 36.4 Å². The van der Waals surface area contributed by atoms with E-state index in [0.717, 1.165) is 11.3 Å². The molecule has 0 amide bonds. The number of ketones is 2. The molecule has 0 saturated heterocycles. The van der Waals surface area contributed by atoms with Crippen LogP contribution >= 0.6 is 0 Å². The first-order valence-electron chi connectivity index (χ1n) is 14.3. The van der Waals surface area contributed by atoms with E-state index in [0.29, 0.717) is 55.0 Å². The van der Waals surface area contributed by atoms with Gasteiger partial charge < -0.3 is 25.3 Å². The number of hydrogen-bond acceptors (Lipinski definition) is 8. The molecule has 4 aromatic carbocycles. The minimum Gasteiger partial charge on any atom is -0.395 e. The Kier molecular flexibility index (Phi) is 14.2. The van der Waals surface area contributed by atoms with Gasteiger partial charge in [-0.3, -0.25) is 14.5 Å². The van der Waals surface area contributed by atoms with E-state index in [-0.39, 0.29) is 38.0 Å². The van der Waals surface area contributed by atoms with Gasteiger partial charge in [-0.15, -0.1) is 0 Å². The quantitative estimate of drug-likeness (QED) is 0.157. The van der Waals surface area contributed by atoms with E-state index in [4.69, 9.17) is 20.4 Å². The molecule has 0 saturated carbocycles. The zero-order chi connectivity index (χ0) is 30.9. The smallest absolute Gasteiger partial charge is 0.193 e. The topological polar surface area (TPSA) is 122 Å². The van der Waals surface area contributed by atoms with Gasteiger partial charge in [-0.1, -0.05) is 84.9 Å². The number of carbonyl (C=O) groups is 2. The molecule has 8 nitrogen and oxygen atoms in total. The molecular weight excluding hydrogens is 544 g/mol. The minimum absolute atomic E-state index is 0.00900. The largest absolute Gasteiger partial charge is 0.395 e. The maximum absolute atomic E-state index is 12.3. The summed E-state index contributed by atoms with van der Waals surface area (Å²) in [6.45, 7) is 2.74. The van der Waals surface area contributed by atoms with Crippen LogP contribution in [-0.4, -0.2) is 89.5 Å². The van der Waals surface area contributed by atoms with Gasteiger partial charge in [0.15, 0.2) is 11.6 Å². The fraction of sp³-hybridized carbons (Fsp3) is 0.257. The molecule has 0 aliphatic heterocycles. The highest BCUT2D eigenvalue weighted by Gasteiger charge is 2.11. The average Bonchev–Trinajstić information content (AvgIpc) is 3.06. The van der Waals surface area contributed by atoms with Crippen molar-refractivity contribution in [1.82, 2.24) is 4.90 Å². The van der Waals surface area contributed by atoms with Crippen molar-refractivity contribution in [2.45, 2.75) is 6.54 Å². The van der Waals surface area contributed by atoms with Gasteiger partial charge in [-0.05, 0) is 29.8 Å². The second-order valence-corrected chi connectivity index (χ2v) is 9.79. The summed E-state index contributed by atoms with van der Waals surface area (Å²) in [7, 11) is 0. The van der Waals surface area contributed by atoms with Crippen LogP contribution in [0, 0.1) is 0 Å². The van der Waals surface area contributed by atoms with E-state index < -0.39 is 0 Å². The van der Waals surface area contributed by atoms with Crippen molar-refractivity contribution in [3.63, 3.8) is 0 Å². The Bertz CT molecular complexity index is 1350. The van der Waals surface area contributed by atoms with Gasteiger partial charge >= 0.3 is 0 Å². The van der Waals surface area contributed by atoms with Crippen LogP contribution < -0.4 is 4.90 Å². The zero-order valence-electron chi connectivity index (χ0n) is 24.3. The summed E-state index contributed by atoms with van der Waals surface area (Å²) in [4.78, 5) is 28.4. The highest BCUT2D eigenvalue weighted by molar-refractivity contribution is 6.09. The first kappa shape index (κ1) is 33.3. The molecule has 0 unspecified atom stereocenters. The molecule has 8 heteroatoms. The summed E-state index contributed by atoms with van der Waals surface area (Å²) >= 11 is 0. The lowest BCUT2D eigenvalue weighted by Gasteiger charge is -2.23. The van der Waals surface area contributed by atoms with Gasteiger partial charge in [0.25, 0.3) is 0 Å². The Labute approximate surface area is 253 Å². The molecule has 0 aromatic heterocycles. The molecule has 43 heavy (non-hydrogen) atoms. The maximum atomic E-state index is 12.3. The standard InChI is InChI=1S/C18H21NO3.C17H19NO3/c20-12-10-19(11-13-21)14-15-6-8-17(9-7-15)18(22)16-4-2-1-3-5-16;19-12-10-18(11-13-20)16-8-6-15(7-9-16)17(21)14-4-2-1-3-5-14/h1-9,20-21H,10-14H2;1-9,19-20H,10-13H2. The van der Waals surface area contributed by atoms with Crippen LogP contribution in [0.1, 0.15) is 37.4 Å². The molecule has 0 bridgehead atoms. The Morgan fingerprint density at radius 3 is 1.23 bits per heavy atom. The van der Waals surface area contributed by atoms with E-state index in [9.17, 15) is 9.59 Å². The normalized spacial score (nSPS) is 10.6. The average molecular weight is 585 g/mol. The van der Waals surface area contributed by atoms with Gasteiger partial charge in [0, 0.05) is 60.7 Å². The Morgan fingerprint density at radius 2 is 0.837 bits per heavy atom. The lowest BCUT2D eigenvalue weighted by Crippen LogP contribution is -2.29. The number of nitrogens with zero attached hydrogens (tertiary/aromatic N) is 2. The summed E-state index contributed by atoms with van der Waals surface area (Å²) in [6.07, 6.45) is 0. The van der Waals surface area contributed by atoms with Crippen molar-refractivity contribution in [1.29, 1.82) is 0 Å². The number of carbonyl (C=O) groups excluding carboxylic acids is 2. The predicted octanol–water partition coefficient (Wildman–Crippen LogP) is 3.41. The fourth-order valence-corrected chi connectivity index (χ4v) is 4.52. The SMILES string of the molecule is O=C(c1ccccc1)c1ccc(CN(CCO)CCO)cc1.O=C(c1ccccc1)c1ccc(N(CCO)CCO)cc1. The zero-order valence-corrected chi connectivity index (χ0v) is 24.3. The summed E-state index contributed by atoms with van der Waals surface area (Å²) in [6, 6.07) is 33.0. The van der Waals surface area contributed by atoms with Crippen LogP contribution in [0.25, 0.3) is 0 Å². The van der Waals surface area contributed by atoms with Crippen LogP contribution in [0.15, 0.2) is 109 Å². The van der Waals surface area contributed by atoms with Crippen molar-refractivity contribution in [3.05, 3.63) is 137 Å². The molecular formula is C35H40N2O6. The predicted molar refractivity (Wildman–Crippen MR) is 168 cm³/mol. The van der Waals surface area contributed by atoms with Crippen LogP contribution in [0.2, 0.25) is 0 Å². The molecule has 4 N–H and O–H groups in total. The molecule has 0 heterocycles. The molecule has 0 radical (unpaired) electrons. The van der Waals surface area contributed by atoms with Crippen LogP contribution in [-0.2, 0) is 6.54 Å². The van der Waals surface area contributed by atoms with Crippen molar-refractivity contribution in [3.8, 4) is 0 Å². The van der Waals surface area contributed by atoms with Crippen molar-refractivity contribution in [2.75, 3.05) is 57.5 Å². The molecule has 4 rings (SSSR count). The number of aliphatic hydroxyl groups is 4. The number of hydrogen-bond donors (Lipinski definition) is 4. The molecule has 0 atom stereocenters. The first-order chi connectivity index (χ1) is 21.0. The van der Waals surface area contributed by atoms with Crippen LogP contribution in [0.4, 0.5) is 5.69 Å². The Morgan fingerprint density at radius 1 is 0.465 bits per heavy atom. The van der Waals surface area contributed by atoms with Crippen molar-refractivity contribution >= 4 is 17.3 Å². The fourth-order valence-electron chi connectivity index (χ4n) is 4.52. The van der Waals surface area contributed by atoms with E-state index in [1.807, 2.05) is 82.6 Å². The third-order valence-electron chi connectivity index (χ3n) is 6.76. The second-order valence-electron chi connectivity index (χ2n) is 9.79. The van der Waals surface area contributed by atoms with E-state index >= 15 is 0 Å². The second kappa shape index (κ2) is 18.4. The summed E-state index contributed by atoms with van der Waals surface area (Å²) in [5.74, 6) is -0.00672.